The predicted molar refractivity (Wildman–Crippen MR) is 43.8 cm³/mol. The lowest BCUT2D eigenvalue weighted by Gasteiger charge is -2.11. The summed E-state index contributed by atoms with van der Waals surface area (Å²) in [6.07, 6.45) is 1.10. The van der Waals surface area contributed by atoms with Crippen molar-refractivity contribution in [2.24, 2.45) is 0 Å². The summed E-state index contributed by atoms with van der Waals surface area (Å²) in [5.41, 5.74) is 0. The van der Waals surface area contributed by atoms with Gasteiger partial charge < -0.3 is 0 Å². The monoisotopic (exact) mass is 195 g/mol. The fourth-order valence-corrected chi connectivity index (χ4v) is 1.37. The van der Waals surface area contributed by atoms with Gasteiger partial charge in [-0.05, 0) is 0 Å². The van der Waals surface area contributed by atoms with Crippen LogP contribution >= 0.6 is 0 Å². The molecular formula is C7H9N5O2. The Balaban J connectivity index is 1.92. The predicted octanol–water partition coefficient (Wildman–Crippen LogP) is -1.11. The molecule has 0 unspecified atom stereocenters. The maximum Gasteiger partial charge on any atom is 0.229 e. The lowest BCUT2D eigenvalue weighted by Crippen LogP contribution is -2.31. The van der Waals surface area contributed by atoms with Gasteiger partial charge in [-0.1, -0.05) is 5.21 Å². The van der Waals surface area contributed by atoms with Crippen molar-refractivity contribution in [3.63, 3.8) is 0 Å². The number of imide groups is 1. The Kier molecular flexibility index (Phi) is 2.21. The van der Waals surface area contributed by atoms with E-state index in [1.807, 2.05) is 0 Å². The molecule has 0 radical (unpaired) electrons. The van der Waals surface area contributed by atoms with E-state index in [4.69, 9.17) is 0 Å². The van der Waals surface area contributed by atoms with Gasteiger partial charge in [0, 0.05) is 25.8 Å². The van der Waals surface area contributed by atoms with Crippen LogP contribution in [0.1, 0.15) is 18.7 Å². The highest BCUT2D eigenvalue weighted by molar-refractivity contribution is 6.01. The Hall–Kier alpha value is -1.79. The van der Waals surface area contributed by atoms with Crippen LogP contribution in [0.2, 0.25) is 0 Å². The summed E-state index contributed by atoms with van der Waals surface area (Å²) >= 11 is 0. The van der Waals surface area contributed by atoms with Gasteiger partial charge in [0.05, 0.1) is 0 Å². The summed E-state index contributed by atoms with van der Waals surface area (Å²) in [5.74, 6) is 0.287. The maximum atomic E-state index is 11.2. The second-order valence-electron chi connectivity index (χ2n) is 3.02. The zero-order chi connectivity index (χ0) is 9.97. The minimum atomic E-state index is -0.113. The van der Waals surface area contributed by atoms with Crippen molar-refractivity contribution in [2.45, 2.75) is 19.3 Å². The molecule has 1 aliphatic rings. The molecule has 0 spiro atoms. The molecule has 1 aliphatic heterocycles. The number of aromatic amines is 1. The number of aromatic nitrogens is 4. The second-order valence-corrected chi connectivity index (χ2v) is 3.02. The zero-order valence-electron chi connectivity index (χ0n) is 7.43. The SMILES string of the molecule is O=C1CCC(=O)N1CCc1nn[nH]n1. The van der Waals surface area contributed by atoms with Crippen LogP contribution in [0.3, 0.4) is 0 Å². The average Bonchev–Trinajstić information content (AvgIpc) is 2.76. The second kappa shape index (κ2) is 3.52. The first-order valence-electron chi connectivity index (χ1n) is 4.33. The van der Waals surface area contributed by atoms with Crippen molar-refractivity contribution in [2.75, 3.05) is 6.54 Å². The summed E-state index contributed by atoms with van der Waals surface area (Å²) < 4.78 is 0. The summed E-state index contributed by atoms with van der Waals surface area (Å²) in [6, 6.07) is 0. The molecule has 1 N–H and O–H groups in total. The van der Waals surface area contributed by atoms with E-state index in [0.717, 1.165) is 0 Å². The van der Waals surface area contributed by atoms with E-state index in [0.29, 0.717) is 31.6 Å². The first-order valence-corrected chi connectivity index (χ1v) is 4.33. The first-order chi connectivity index (χ1) is 6.77. The van der Waals surface area contributed by atoms with Gasteiger partial charge in [0.2, 0.25) is 11.8 Å². The molecule has 14 heavy (non-hydrogen) atoms. The topological polar surface area (TPSA) is 91.8 Å². The van der Waals surface area contributed by atoms with Crippen LogP contribution < -0.4 is 0 Å². The number of H-pyrrole nitrogens is 1. The van der Waals surface area contributed by atoms with E-state index in [1.54, 1.807) is 0 Å². The Bertz CT molecular complexity index is 331. The van der Waals surface area contributed by atoms with E-state index in [9.17, 15) is 9.59 Å². The first kappa shape index (κ1) is 8.79. The molecule has 0 aromatic carbocycles. The summed E-state index contributed by atoms with van der Waals surface area (Å²) in [7, 11) is 0. The molecule has 0 saturated carbocycles. The number of hydrogen-bond donors (Lipinski definition) is 1. The highest BCUT2D eigenvalue weighted by atomic mass is 16.2. The normalized spacial score (nSPS) is 16.7. The van der Waals surface area contributed by atoms with Crippen LogP contribution in [0.25, 0.3) is 0 Å². The molecule has 1 saturated heterocycles. The quantitative estimate of drug-likeness (QED) is 0.617. The molecule has 0 atom stereocenters. The average molecular weight is 195 g/mol. The van der Waals surface area contributed by atoms with Crippen molar-refractivity contribution in [3.05, 3.63) is 5.82 Å². The minimum Gasteiger partial charge on any atom is -0.282 e. The van der Waals surface area contributed by atoms with Crippen LogP contribution in [0, 0.1) is 0 Å². The van der Waals surface area contributed by atoms with Crippen LogP contribution in [-0.4, -0.2) is 43.9 Å². The third-order valence-corrected chi connectivity index (χ3v) is 2.10. The Morgan fingerprint density at radius 1 is 1.29 bits per heavy atom. The van der Waals surface area contributed by atoms with E-state index in [2.05, 4.69) is 20.6 Å². The molecule has 7 heteroatoms. The molecule has 1 aromatic rings. The third-order valence-electron chi connectivity index (χ3n) is 2.10. The Morgan fingerprint density at radius 3 is 2.57 bits per heavy atom. The third kappa shape index (κ3) is 1.61. The van der Waals surface area contributed by atoms with E-state index in [-0.39, 0.29) is 11.8 Å². The Labute approximate surface area is 79.5 Å². The number of tetrazole rings is 1. The van der Waals surface area contributed by atoms with Gasteiger partial charge in [-0.2, -0.15) is 5.21 Å². The minimum absolute atomic E-state index is 0.113. The van der Waals surface area contributed by atoms with Gasteiger partial charge in [-0.25, -0.2) is 0 Å². The maximum absolute atomic E-state index is 11.2. The van der Waals surface area contributed by atoms with Gasteiger partial charge in [0.15, 0.2) is 5.82 Å². The van der Waals surface area contributed by atoms with Crippen molar-refractivity contribution in [1.82, 2.24) is 25.5 Å². The molecule has 2 rings (SSSR count). The van der Waals surface area contributed by atoms with Crippen LogP contribution in [0.15, 0.2) is 0 Å². The van der Waals surface area contributed by atoms with E-state index < -0.39 is 0 Å². The summed E-state index contributed by atoms with van der Waals surface area (Å²) in [4.78, 5) is 23.6. The van der Waals surface area contributed by atoms with Crippen molar-refractivity contribution >= 4 is 11.8 Å². The van der Waals surface area contributed by atoms with Gasteiger partial charge in [0.1, 0.15) is 0 Å². The molecule has 74 valence electrons. The van der Waals surface area contributed by atoms with Crippen LogP contribution in [0.4, 0.5) is 0 Å². The van der Waals surface area contributed by atoms with Gasteiger partial charge in [-0.3, -0.25) is 14.5 Å². The largest absolute Gasteiger partial charge is 0.282 e. The van der Waals surface area contributed by atoms with Crippen molar-refractivity contribution < 1.29 is 9.59 Å². The molecular weight excluding hydrogens is 186 g/mol. The van der Waals surface area contributed by atoms with Gasteiger partial charge in [-0.15, -0.1) is 10.2 Å². The Morgan fingerprint density at radius 2 is 2.00 bits per heavy atom. The van der Waals surface area contributed by atoms with Crippen LogP contribution in [-0.2, 0) is 16.0 Å². The molecule has 7 nitrogen and oxygen atoms in total. The number of carbonyl (C=O) groups excluding carboxylic acids is 2. The number of carbonyl (C=O) groups is 2. The fourth-order valence-electron chi connectivity index (χ4n) is 1.37. The molecule has 1 aromatic heterocycles. The lowest BCUT2D eigenvalue weighted by atomic mass is 10.4. The molecule has 2 amide bonds. The molecule has 0 aliphatic carbocycles. The standard InChI is InChI=1S/C7H9N5O2/c13-6-1-2-7(14)12(6)4-3-5-8-10-11-9-5/h1-4H2,(H,8,9,10,11). The lowest BCUT2D eigenvalue weighted by molar-refractivity contribution is -0.138. The number of nitrogens with one attached hydrogen (secondary N) is 1. The van der Waals surface area contributed by atoms with Crippen molar-refractivity contribution in [3.8, 4) is 0 Å². The zero-order valence-corrected chi connectivity index (χ0v) is 7.43. The summed E-state index contributed by atoms with van der Waals surface area (Å²) in [6.45, 7) is 0.344. The molecule has 2 heterocycles. The van der Waals surface area contributed by atoms with Gasteiger partial charge in [0.25, 0.3) is 0 Å². The molecule has 1 fully saturated rings. The number of nitrogens with zero attached hydrogens (tertiary/aromatic N) is 4. The van der Waals surface area contributed by atoms with Crippen molar-refractivity contribution in [1.29, 1.82) is 0 Å². The highest BCUT2D eigenvalue weighted by Crippen LogP contribution is 2.11. The smallest absolute Gasteiger partial charge is 0.229 e. The van der Waals surface area contributed by atoms with Gasteiger partial charge >= 0.3 is 0 Å². The fraction of sp³-hybridized carbons (Fsp3) is 0.571. The number of likely N-dealkylation sites (tertiary alicyclic amines) is 1. The number of amides is 2. The van der Waals surface area contributed by atoms with E-state index >= 15 is 0 Å². The number of hydrogen-bond acceptors (Lipinski definition) is 5. The highest BCUT2D eigenvalue weighted by Gasteiger charge is 2.28. The summed E-state index contributed by atoms with van der Waals surface area (Å²) in [5, 5.41) is 13.2. The van der Waals surface area contributed by atoms with E-state index in [1.165, 1.54) is 4.90 Å². The molecule has 0 bridgehead atoms. The van der Waals surface area contributed by atoms with Crippen LogP contribution in [0.5, 0.6) is 0 Å². The number of rotatable bonds is 3.